The van der Waals surface area contributed by atoms with Gasteiger partial charge in [0.05, 0.1) is 7.11 Å². The van der Waals surface area contributed by atoms with E-state index in [1.165, 1.54) is 7.11 Å². The number of amides is 1. The lowest BCUT2D eigenvalue weighted by Gasteiger charge is -2.15. The average molecular weight is 239 g/mol. The Bertz CT molecular complexity index is 404. The molecule has 0 aromatic heterocycles. The molecule has 1 aromatic carbocycles. The van der Waals surface area contributed by atoms with Crippen LogP contribution in [-0.2, 0) is 12.8 Å². The Morgan fingerprint density at radius 3 is 2.41 bits per heavy atom. The van der Waals surface area contributed by atoms with E-state index in [2.05, 4.69) is 0 Å². The van der Waals surface area contributed by atoms with Crippen molar-refractivity contribution in [1.29, 1.82) is 0 Å². The zero-order valence-electron chi connectivity index (χ0n) is 9.77. The molecule has 0 saturated heterocycles. The van der Waals surface area contributed by atoms with Gasteiger partial charge in [0.1, 0.15) is 5.75 Å². The standard InChI is InChI=1S/C12H17NO4/c1-17-11-8(4-6-14)2-3-10(12(13)16)9(11)5-7-15/h2-3,14-15H,4-7H2,1H3,(H2,13,16). The van der Waals surface area contributed by atoms with Crippen molar-refractivity contribution >= 4 is 5.91 Å². The molecule has 0 aliphatic heterocycles. The number of aliphatic hydroxyl groups excluding tert-OH is 2. The smallest absolute Gasteiger partial charge is 0.249 e. The van der Waals surface area contributed by atoms with Gasteiger partial charge in [-0.05, 0) is 24.5 Å². The van der Waals surface area contributed by atoms with Gasteiger partial charge >= 0.3 is 0 Å². The number of rotatable bonds is 6. The molecule has 0 aliphatic rings. The van der Waals surface area contributed by atoms with Crippen LogP contribution in [0.15, 0.2) is 12.1 Å². The lowest BCUT2D eigenvalue weighted by atomic mass is 9.98. The lowest BCUT2D eigenvalue weighted by molar-refractivity contribution is 0.0998. The average Bonchev–Trinajstić information content (AvgIpc) is 2.30. The van der Waals surface area contributed by atoms with Crippen molar-refractivity contribution in [3.8, 4) is 5.75 Å². The topological polar surface area (TPSA) is 92.8 Å². The van der Waals surface area contributed by atoms with Crippen molar-refractivity contribution in [2.75, 3.05) is 20.3 Å². The maximum absolute atomic E-state index is 11.3. The normalized spacial score (nSPS) is 10.3. The summed E-state index contributed by atoms with van der Waals surface area (Å²) >= 11 is 0. The first-order valence-electron chi connectivity index (χ1n) is 5.36. The van der Waals surface area contributed by atoms with Crippen LogP contribution in [0.4, 0.5) is 0 Å². The predicted molar refractivity (Wildman–Crippen MR) is 63.1 cm³/mol. The Labute approximate surface area is 99.8 Å². The fourth-order valence-corrected chi connectivity index (χ4v) is 1.84. The third-order valence-electron chi connectivity index (χ3n) is 2.55. The van der Waals surface area contributed by atoms with E-state index in [4.69, 9.17) is 20.7 Å². The number of methoxy groups -OCH3 is 1. The Kier molecular flexibility index (Phi) is 4.93. The van der Waals surface area contributed by atoms with Gasteiger partial charge in [0.25, 0.3) is 0 Å². The van der Waals surface area contributed by atoms with Crippen LogP contribution in [0, 0.1) is 0 Å². The number of carbonyl (C=O) groups is 1. The second-order valence-electron chi connectivity index (χ2n) is 3.60. The summed E-state index contributed by atoms with van der Waals surface area (Å²) in [5.41, 5.74) is 7.00. The highest BCUT2D eigenvalue weighted by Crippen LogP contribution is 2.28. The summed E-state index contributed by atoms with van der Waals surface area (Å²) in [5, 5.41) is 18.0. The van der Waals surface area contributed by atoms with E-state index in [0.29, 0.717) is 29.7 Å². The molecule has 1 rings (SSSR count). The summed E-state index contributed by atoms with van der Waals surface area (Å²) in [6, 6.07) is 3.30. The van der Waals surface area contributed by atoms with E-state index in [1.54, 1.807) is 12.1 Å². The molecule has 4 N–H and O–H groups in total. The molecule has 0 aliphatic carbocycles. The lowest BCUT2D eigenvalue weighted by Crippen LogP contribution is -2.16. The third kappa shape index (κ3) is 2.95. The highest BCUT2D eigenvalue weighted by Gasteiger charge is 2.16. The maximum atomic E-state index is 11.3. The molecule has 5 nitrogen and oxygen atoms in total. The van der Waals surface area contributed by atoms with Gasteiger partial charge in [0.2, 0.25) is 5.91 Å². The largest absolute Gasteiger partial charge is 0.496 e. The number of hydrogen-bond acceptors (Lipinski definition) is 4. The molecule has 0 saturated carbocycles. The summed E-state index contributed by atoms with van der Waals surface area (Å²) < 4.78 is 5.24. The Morgan fingerprint density at radius 2 is 1.94 bits per heavy atom. The molecule has 0 unspecified atom stereocenters. The fraction of sp³-hybridized carbons (Fsp3) is 0.417. The van der Waals surface area contributed by atoms with Crippen molar-refractivity contribution < 1.29 is 19.7 Å². The molecule has 0 radical (unpaired) electrons. The van der Waals surface area contributed by atoms with Gasteiger partial charge in [-0.3, -0.25) is 4.79 Å². The molecule has 17 heavy (non-hydrogen) atoms. The number of nitrogens with two attached hydrogens (primary N) is 1. The highest BCUT2D eigenvalue weighted by atomic mass is 16.5. The van der Waals surface area contributed by atoms with Crippen LogP contribution in [-0.4, -0.2) is 36.4 Å². The van der Waals surface area contributed by atoms with E-state index >= 15 is 0 Å². The summed E-state index contributed by atoms with van der Waals surface area (Å²) in [7, 11) is 1.49. The van der Waals surface area contributed by atoms with Crippen LogP contribution >= 0.6 is 0 Å². The fourth-order valence-electron chi connectivity index (χ4n) is 1.84. The van der Waals surface area contributed by atoms with Gasteiger partial charge in [0.15, 0.2) is 0 Å². The second kappa shape index (κ2) is 6.22. The van der Waals surface area contributed by atoms with Crippen LogP contribution < -0.4 is 10.5 Å². The zero-order valence-corrected chi connectivity index (χ0v) is 9.77. The number of ether oxygens (including phenoxy) is 1. The van der Waals surface area contributed by atoms with Gasteiger partial charge in [-0.25, -0.2) is 0 Å². The van der Waals surface area contributed by atoms with Gasteiger partial charge < -0.3 is 20.7 Å². The number of primary amides is 1. The molecular weight excluding hydrogens is 222 g/mol. The Morgan fingerprint density at radius 1 is 1.29 bits per heavy atom. The molecule has 0 bridgehead atoms. The predicted octanol–water partition coefficient (Wildman–Crippen LogP) is -0.136. The second-order valence-corrected chi connectivity index (χ2v) is 3.60. The first-order chi connectivity index (χ1) is 8.15. The maximum Gasteiger partial charge on any atom is 0.249 e. The van der Waals surface area contributed by atoms with Crippen LogP contribution in [0.3, 0.4) is 0 Å². The number of carbonyl (C=O) groups excluding carboxylic acids is 1. The minimum atomic E-state index is -0.553. The highest BCUT2D eigenvalue weighted by molar-refractivity contribution is 5.95. The van der Waals surface area contributed by atoms with Crippen LogP contribution in [0.2, 0.25) is 0 Å². The molecule has 0 spiro atoms. The molecule has 1 amide bonds. The van der Waals surface area contributed by atoms with Crippen molar-refractivity contribution in [1.82, 2.24) is 0 Å². The molecule has 0 fully saturated rings. The first kappa shape index (κ1) is 13.5. The number of hydrogen-bond donors (Lipinski definition) is 3. The Balaban J connectivity index is 3.32. The van der Waals surface area contributed by atoms with Crippen molar-refractivity contribution in [3.63, 3.8) is 0 Å². The van der Waals surface area contributed by atoms with Crippen molar-refractivity contribution in [2.45, 2.75) is 12.8 Å². The summed E-state index contributed by atoms with van der Waals surface area (Å²) in [5.74, 6) is -0.0355. The van der Waals surface area contributed by atoms with E-state index in [0.717, 1.165) is 5.56 Å². The molecule has 1 aromatic rings. The quantitative estimate of drug-likeness (QED) is 0.644. The third-order valence-corrected chi connectivity index (χ3v) is 2.55. The van der Waals surface area contributed by atoms with Gasteiger partial charge in [-0.2, -0.15) is 0 Å². The van der Waals surface area contributed by atoms with E-state index < -0.39 is 5.91 Å². The van der Waals surface area contributed by atoms with Crippen LogP contribution in [0.5, 0.6) is 5.75 Å². The molecule has 5 heteroatoms. The zero-order chi connectivity index (χ0) is 12.8. The molecular formula is C12H17NO4. The van der Waals surface area contributed by atoms with Gasteiger partial charge in [0, 0.05) is 24.3 Å². The van der Waals surface area contributed by atoms with E-state index in [-0.39, 0.29) is 13.2 Å². The van der Waals surface area contributed by atoms with E-state index in [9.17, 15) is 4.79 Å². The monoisotopic (exact) mass is 239 g/mol. The minimum absolute atomic E-state index is 0.00908. The van der Waals surface area contributed by atoms with E-state index in [1.807, 2.05) is 0 Å². The number of benzene rings is 1. The van der Waals surface area contributed by atoms with Crippen LogP contribution in [0.25, 0.3) is 0 Å². The first-order valence-corrected chi connectivity index (χ1v) is 5.36. The Hall–Kier alpha value is -1.59. The molecule has 0 heterocycles. The minimum Gasteiger partial charge on any atom is -0.496 e. The summed E-state index contributed by atoms with van der Waals surface area (Å²) in [6.45, 7) is -0.107. The summed E-state index contributed by atoms with van der Waals surface area (Å²) in [4.78, 5) is 11.3. The SMILES string of the molecule is COc1c(CCO)ccc(C(N)=O)c1CCO. The van der Waals surface area contributed by atoms with Gasteiger partial charge in [-0.15, -0.1) is 0 Å². The number of aliphatic hydroxyl groups is 2. The molecule has 94 valence electrons. The summed E-state index contributed by atoms with van der Waals surface area (Å²) in [6.07, 6.45) is 0.724. The molecule has 0 atom stereocenters. The van der Waals surface area contributed by atoms with Gasteiger partial charge in [-0.1, -0.05) is 6.07 Å². The van der Waals surface area contributed by atoms with Crippen molar-refractivity contribution in [2.24, 2.45) is 5.73 Å². The van der Waals surface area contributed by atoms with Crippen LogP contribution in [0.1, 0.15) is 21.5 Å². The van der Waals surface area contributed by atoms with Crippen molar-refractivity contribution in [3.05, 3.63) is 28.8 Å².